The van der Waals surface area contributed by atoms with E-state index in [1.807, 2.05) is 23.9 Å². The second kappa shape index (κ2) is 7.59. The second-order valence-corrected chi connectivity index (χ2v) is 12.6. The summed E-state index contributed by atoms with van der Waals surface area (Å²) in [5, 5.41) is 12.3. The molecule has 1 saturated heterocycles. The van der Waals surface area contributed by atoms with Gasteiger partial charge >= 0.3 is 0 Å². The Morgan fingerprint density at radius 1 is 1.21 bits per heavy atom. The van der Waals surface area contributed by atoms with Crippen LogP contribution in [-0.4, -0.2) is 57.6 Å². The molecule has 3 aromatic rings. The Labute approximate surface area is 198 Å². The van der Waals surface area contributed by atoms with Crippen LogP contribution in [0.25, 0.3) is 22.2 Å². The average Bonchev–Trinajstić information content (AvgIpc) is 3.67. The van der Waals surface area contributed by atoms with Gasteiger partial charge in [0.2, 0.25) is 0 Å². The Bertz CT molecular complexity index is 1420. The molecule has 10 nitrogen and oxygen atoms in total. The van der Waals surface area contributed by atoms with Crippen LogP contribution in [0.4, 0.5) is 11.6 Å². The molecule has 11 heteroatoms. The molecule has 2 saturated carbocycles. The number of hydrogen-bond donors (Lipinski definition) is 2. The van der Waals surface area contributed by atoms with Crippen LogP contribution < -0.4 is 16.2 Å². The molecular weight excluding hydrogens is 454 g/mol. The number of aromatic amines is 1. The molecule has 0 amide bonds. The number of nitrogens with one attached hydrogen (secondary N) is 1. The molecule has 0 bridgehead atoms. The summed E-state index contributed by atoms with van der Waals surface area (Å²) < 4.78 is 27.6. The van der Waals surface area contributed by atoms with Gasteiger partial charge in [-0.3, -0.25) is 14.6 Å². The second-order valence-electron chi connectivity index (χ2n) is 10.4. The summed E-state index contributed by atoms with van der Waals surface area (Å²) in [5.74, 6) is 2.31. The number of nitrogens with zero attached hydrogens (tertiary/aromatic N) is 5. The lowest BCUT2D eigenvalue weighted by molar-refractivity contribution is 0.386. The molecule has 0 radical (unpaired) electrons. The molecule has 3 aliphatic rings. The third kappa shape index (κ3) is 3.70. The fourth-order valence-electron chi connectivity index (χ4n) is 5.81. The Morgan fingerprint density at radius 2 is 1.91 bits per heavy atom. The SMILES string of the molecule is Cn1nc(-c2cn(C(C3CC3)C3CC3)c(=O)c3c(N)n[nH]c23)cc1N1CCC[C@@H]1CS(C)(=O)=O. The number of aryl methyl sites for hydroxylation is 1. The predicted molar refractivity (Wildman–Crippen MR) is 132 cm³/mol. The summed E-state index contributed by atoms with van der Waals surface area (Å²) in [6, 6.07) is 2.12. The zero-order chi connectivity index (χ0) is 23.8. The van der Waals surface area contributed by atoms with Gasteiger partial charge in [0.1, 0.15) is 21.0 Å². The molecule has 3 fully saturated rings. The van der Waals surface area contributed by atoms with Crippen LogP contribution in [0, 0.1) is 11.8 Å². The molecule has 34 heavy (non-hydrogen) atoms. The van der Waals surface area contributed by atoms with Crippen molar-refractivity contribution in [1.29, 1.82) is 0 Å². The van der Waals surface area contributed by atoms with Gasteiger partial charge in [0, 0.05) is 49.8 Å². The average molecular weight is 486 g/mol. The van der Waals surface area contributed by atoms with E-state index in [2.05, 4.69) is 15.1 Å². The van der Waals surface area contributed by atoms with Crippen LogP contribution in [0.2, 0.25) is 0 Å². The standard InChI is InChI=1S/C23H31N7O3S/c1-28-18(29-9-3-4-15(29)12-34(2,32)33)10-17(27-28)16-11-30(21(13-5-6-13)14-7-8-14)23(31)19-20(16)25-26-22(19)24/h10-11,13-15,21H,3-9,12H2,1-2H3,(H3,24,25,26)/t15-/m1/s1. The number of nitrogens with two attached hydrogens (primary N) is 1. The highest BCUT2D eigenvalue weighted by atomic mass is 32.2. The van der Waals surface area contributed by atoms with Crippen molar-refractivity contribution in [3.05, 3.63) is 22.6 Å². The maximum absolute atomic E-state index is 13.5. The first kappa shape index (κ1) is 21.7. The number of nitrogen functional groups attached to an aromatic ring is 1. The minimum atomic E-state index is -3.09. The van der Waals surface area contributed by atoms with E-state index >= 15 is 0 Å². The summed E-state index contributed by atoms with van der Waals surface area (Å²) in [5.41, 5.74) is 8.17. The molecule has 1 atom stereocenters. The molecule has 3 aromatic heterocycles. The van der Waals surface area contributed by atoms with Gasteiger partial charge < -0.3 is 15.2 Å². The number of aromatic nitrogens is 5. The third-order valence-electron chi connectivity index (χ3n) is 7.61. The number of anilines is 2. The predicted octanol–water partition coefficient (Wildman–Crippen LogP) is 2.08. The van der Waals surface area contributed by atoms with Gasteiger partial charge in [-0.25, -0.2) is 8.42 Å². The van der Waals surface area contributed by atoms with Crippen LogP contribution in [0.5, 0.6) is 0 Å². The number of fused-ring (bicyclic) bond motifs is 1. The summed E-state index contributed by atoms with van der Waals surface area (Å²) in [6.45, 7) is 0.788. The quantitative estimate of drug-likeness (QED) is 0.524. The summed E-state index contributed by atoms with van der Waals surface area (Å²) >= 11 is 0. The van der Waals surface area contributed by atoms with E-state index < -0.39 is 9.84 Å². The van der Waals surface area contributed by atoms with Gasteiger partial charge in [-0.2, -0.15) is 10.2 Å². The van der Waals surface area contributed by atoms with Gasteiger partial charge in [-0.1, -0.05) is 0 Å². The Morgan fingerprint density at radius 3 is 2.56 bits per heavy atom. The highest BCUT2D eigenvalue weighted by Crippen LogP contribution is 2.52. The van der Waals surface area contributed by atoms with Gasteiger partial charge in [-0.15, -0.1) is 0 Å². The maximum Gasteiger partial charge on any atom is 0.264 e. The van der Waals surface area contributed by atoms with Crippen LogP contribution in [0.3, 0.4) is 0 Å². The molecule has 0 unspecified atom stereocenters. The zero-order valence-corrected chi connectivity index (χ0v) is 20.4. The third-order valence-corrected chi connectivity index (χ3v) is 8.60. The van der Waals surface area contributed by atoms with Crippen LogP contribution >= 0.6 is 0 Å². The fourth-order valence-corrected chi connectivity index (χ4v) is 6.85. The van der Waals surface area contributed by atoms with Crippen LogP contribution in [0.1, 0.15) is 44.6 Å². The topological polar surface area (TPSA) is 132 Å². The number of hydrogen-bond acceptors (Lipinski definition) is 7. The molecule has 0 spiro atoms. The van der Waals surface area contributed by atoms with Crippen molar-refractivity contribution in [2.24, 2.45) is 18.9 Å². The maximum atomic E-state index is 13.5. The molecule has 1 aliphatic heterocycles. The smallest absolute Gasteiger partial charge is 0.264 e. The van der Waals surface area contributed by atoms with E-state index in [0.717, 1.165) is 62.1 Å². The van der Waals surface area contributed by atoms with Crippen molar-refractivity contribution >= 4 is 32.4 Å². The first-order valence-electron chi connectivity index (χ1n) is 12.1. The van der Waals surface area contributed by atoms with Crippen molar-refractivity contribution in [1.82, 2.24) is 24.5 Å². The van der Waals surface area contributed by atoms with E-state index in [9.17, 15) is 13.2 Å². The molecule has 4 heterocycles. The lowest BCUT2D eigenvalue weighted by Crippen LogP contribution is -2.36. The van der Waals surface area contributed by atoms with Crippen LogP contribution in [0.15, 0.2) is 17.1 Å². The van der Waals surface area contributed by atoms with Crippen molar-refractivity contribution in [3.8, 4) is 11.3 Å². The molecular formula is C23H31N7O3S. The highest BCUT2D eigenvalue weighted by molar-refractivity contribution is 7.90. The van der Waals surface area contributed by atoms with Crippen LogP contribution in [-0.2, 0) is 16.9 Å². The first-order valence-corrected chi connectivity index (χ1v) is 14.1. The molecule has 3 N–H and O–H groups in total. The Balaban J connectivity index is 1.46. The first-order chi connectivity index (χ1) is 16.2. The lowest BCUT2D eigenvalue weighted by atomic mass is 10.0. The highest BCUT2D eigenvalue weighted by Gasteiger charge is 2.43. The Kier molecular flexibility index (Phi) is 4.84. The summed E-state index contributed by atoms with van der Waals surface area (Å²) in [7, 11) is -1.22. The molecule has 0 aromatic carbocycles. The molecule has 2 aliphatic carbocycles. The van der Waals surface area contributed by atoms with Crippen molar-refractivity contribution in [2.45, 2.75) is 50.6 Å². The van der Waals surface area contributed by atoms with Crippen molar-refractivity contribution < 1.29 is 8.42 Å². The molecule has 182 valence electrons. The monoisotopic (exact) mass is 485 g/mol. The van der Waals surface area contributed by atoms with Crippen molar-refractivity contribution in [3.63, 3.8) is 0 Å². The van der Waals surface area contributed by atoms with Gasteiger partial charge in [-0.05, 0) is 50.4 Å². The van der Waals surface area contributed by atoms with E-state index in [0.29, 0.717) is 22.7 Å². The van der Waals surface area contributed by atoms with E-state index in [4.69, 9.17) is 10.8 Å². The number of sulfone groups is 1. The van der Waals surface area contributed by atoms with Crippen molar-refractivity contribution in [2.75, 3.05) is 29.2 Å². The van der Waals surface area contributed by atoms with E-state index in [1.54, 1.807) is 4.68 Å². The lowest BCUT2D eigenvalue weighted by Gasteiger charge is -2.25. The molecule has 6 rings (SSSR count). The van der Waals surface area contributed by atoms with Gasteiger partial charge in [0.15, 0.2) is 5.82 Å². The van der Waals surface area contributed by atoms with Gasteiger partial charge in [0.05, 0.1) is 17.0 Å². The Hall–Kier alpha value is -2.82. The van der Waals surface area contributed by atoms with E-state index in [1.165, 1.54) is 6.26 Å². The fraction of sp³-hybridized carbons (Fsp3) is 0.609. The summed E-state index contributed by atoms with van der Waals surface area (Å²) in [6.07, 6.45) is 9.64. The normalized spacial score (nSPS) is 21.3. The minimum absolute atomic E-state index is 0.0656. The zero-order valence-electron chi connectivity index (χ0n) is 19.6. The largest absolute Gasteiger partial charge is 0.382 e. The number of H-pyrrole nitrogens is 1. The minimum Gasteiger partial charge on any atom is -0.382 e. The van der Waals surface area contributed by atoms with Gasteiger partial charge in [0.25, 0.3) is 5.56 Å². The number of pyridine rings is 1. The van der Waals surface area contributed by atoms with E-state index in [-0.39, 0.29) is 29.2 Å². The number of rotatable bonds is 7. The summed E-state index contributed by atoms with van der Waals surface area (Å²) in [4.78, 5) is 15.6.